The Morgan fingerprint density at radius 2 is 2.05 bits per heavy atom. The molecule has 1 aliphatic carbocycles. The molecule has 112 valence electrons. The number of nitrogens with one attached hydrogen (secondary N) is 2. The third-order valence-corrected chi connectivity index (χ3v) is 4.73. The van der Waals surface area contributed by atoms with Gasteiger partial charge >= 0.3 is 0 Å². The zero-order chi connectivity index (χ0) is 14.9. The number of carbonyl (C=O) groups excluding carboxylic acids is 2. The molecule has 1 fully saturated rings. The second-order valence-electron chi connectivity index (χ2n) is 6.65. The number of fused-ring (bicyclic) bond motifs is 1. The highest BCUT2D eigenvalue weighted by atomic mass is 16.2. The summed E-state index contributed by atoms with van der Waals surface area (Å²) in [6.45, 7) is 3.00. The highest BCUT2D eigenvalue weighted by molar-refractivity contribution is 6.01. The number of hydrogen-bond donors (Lipinski definition) is 2. The topological polar surface area (TPSA) is 58.2 Å². The van der Waals surface area contributed by atoms with E-state index in [2.05, 4.69) is 17.6 Å². The van der Waals surface area contributed by atoms with Crippen LogP contribution in [0, 0.1) is 5.41 Å². The van der Waals surface area contributed by atoms with Gasteiger partial charge in [0.1, 0.15) is 0 Å². The molecule has 1 aromatic rings. The predicted octanol–water partition coefficient (Wildman–Crippen LogP) is 2.88. The molecule has 0 spiro atoms. The Balaban J connectivity index is 1.63. The fourth-order valence-corrected chi connectivity index (χ4v) is 3.35. The van der Waals surface area contributed by atoms with Gasteiger partial charge in [0.25, 0.3) is 5.91 Å². The number of carbonyl (C=O) groups is 2. The summed E-state index contributed by atoms with van der Waals surface area (Å²) in [6.07, 6.45) is 6.59. The van der Waals surface area contributed by atoms with Crippen LogP contribution >= 0.6 is 0 Å². The molecule has 1 aliphatic heterocycles. The minimum absolute atomic E-state index is 0.00252. The van der Waals surface area contributed by atoms with Crippen molar-refractivity contribution in [2.45, 2.75) is 45.4 Å². The third-order valence-electron chi connectivity index (χ3n) is 4.73. The summed E-state index contributed by atoms with van der Waals surface area (Å²) in [5, 5.41) is 5.85. The zero-order valence-corrected chi connectivity index (χ0v) is 12.5. The first-order chi connectivity index (χ1) is 10.1. The highest BCUT2D eigenvalue weighted by Crippen LogP contribution is 2.35. The summed E-state index contributed by atoms with van der Waals surface area (Å²) in [5.41, 5.74) is 2.62. The average molecular weight is 286 g/mol. The van der Waals surface area contributed by atoms with Crippen molar-refractivity contribution in [3.05, 3.63) is 29.3 Å². The summed E-state index contributed by atoms with van der Waals surface area (Å²) in [4.78, 5) is 23.6. The normalized spacial score (nSPS) is 19.8. The minimum atomic E-state index is -0.0380. The van der Waals surface area contributed by atoms with Crippen molar-refractivity contribution in [1.29, 1.82) is 0 Å². The Labute approximate surface area is 125 Å². The minimum Gasteiger partial charge on any atom is -0.351 e. The monoisotopic (exact) mass is 286 g/mol. The van der Waals surface area contributed by atoms with Crippen LogP contribution in [0.5, 0.6) is 0 Å². The zero-order valence-electron chi connectivity index (χ0n) is 12.5. The lowest BCUT2D eigenvalue weighted by molar-refractivity contribution is -0.115. The van der Waals surface area contributed by atoms with Crippen LogP contribution in [-0.2, 0) is 11.2 Å². The van der Waals surface area contributed by atoms with Crippen molar-refractivity contribution < 1.29 is 9.59 Å². The molecule has 0 unspecified atom stereocenters. The molecular weight excluding hydrogens is 264 g/mol. The molecule has 2 N–H and O–H groups in total. The van der Waals surface area contributed by atoms with E-state index in [4.69, 9.17) is 0 Å². The first kappa shape index (κ1) is 14.1. The first-order valence-corrected chi connectivity index (χ1v) is 7.77. The van der Waals surface area contributed by atoms with Crippen molar-refractivity contribution in [3.63, 3.8) is 0 Å². The SMILES string of the molecule is CC1(CNC(=O)c2ccc3c(c2)CC(=O)N3)CCCCC1. The molecule has 1 aromatic carbocycles. The van der Waals surface area contributed by atoms with Crippen LogP contribution in [0.15, 0.2) is 18.2 Å². The number of hydrogen-bond acceptors (Lipinski definition) is 2. The summed E-state index contributed by atoms with van der Waals surface area (Å²) in [7, 11) is 0. The van der Waals surface area contributed by atoms with Gasteiger partial charge in [-0.3, -0.25) is 9.59 Å². The maximum Gasteiger partial charge on any atom is 0.251 e. The fourth-order valence-electron chi connectivity index (χ4n) is 3.35. The number of amides is 2. The smallest absolute Gasteiger partial charge is 0.251 e. The van der Waals surface area contributed by atoms with Crippen LogP contribution in [0.1, 0.15) is 54.9 Å². The van der Waals surface area contributed by atoms with E-state index < -0.39 is 0 Å². The van der Waals surface area contributed by atoms with E-state index in [0.717, 1.165) is 17.8 Å². The van der Waals surface area contributed by atoms with E-state index in [-0.39, 0.29) is 17.2 Å². The highest BCUT2D eigenvalue weighted by Gasteiger charge is 2.27. The van der Waals surface area contributed by atoms with Gasteiger partial charge in [-0.05, 0) is 42.0 Å². The molecule has 1 heterocycles. The Bertz CT molecular complexity index is 574. The second kappa shape index (κ2) is 5.51. The van der Waals surface area contributed by atoms with Gasteiger partial charge in [-0.15, -0.1) is 0 Å². The van der Waals surface area contributed by atoms with Gasteiger partial charge in [-0.1, -0.05) is 26.2 Å². The molecule has 0 radical (unpaired) electrons. The molecule has 4 heteroatoms. The first-order valence-electron chi connectivity index (χ1n) is 7.77. The van der Waals surface area contributed by atoms with Gasteiger partial charge in [0, 0.05) is 17.8 Å². The van der Waals surface area contributed by atoms with Gasteiger partial charge in [0.2, 0.25) is 5.91 Å². The van der Waals surface area contributed by atoms with Crippen molar-refractivity contribution >= 4 is 17.5 Å². The van der Waals surface area contributed by atoms with Crippen molar-refractivity contribution in [3.8, 4) is 0 Å². The molecule has 4 nitrogen and oxygen atoms in total. The molecule has 3 rings (SSSR count). The molecule has 0 aromatic heterocycles. The summed E-state index contributed by atoms with van der Waals surface area (Å²) < 4.78 is 0. The number of rotatable bonds is 3. The molecule has 0 atom stereocenters. The molecule has 0 saturated heterocycles. The van der Waals surface area contributed by atoms with E-state index in [1.165, 1.54) is 32.1 Å². The molecule has 0 bridgehead atoms. The lowest BCUT2D eigenvalue weighted by Gasteiger charge is -2.33. The third kappa shape index (κ3) is 3.09. The van der Waals surface area contributed by atoms with E-state index in [1.807, 2.05) is 12.1 Å². The molecule has 2 amide bonds. The van der Waals surface area contributed by atoms with Crippen molar-refractivity contribution in [1.82, 2.24) is 5.32 Å². The van der Waals surface area contributed by atoms with Crippen LogP contribution in [0.25, 0.3) is 0 Å². The molecule has 21 heavy (non-hydrogen) atoms. The number of anilines is 1. The van der Waals surface area contributed by atoms with Gasteiger partial charge in [0.05, 0.1) is 6.42 Å². The second-order valence-corrected chi connectivity index (χ2v) is 6.65. The molecule has 2 aliphatic rings. The predicted molar refractivity (Wildman–Crippen MR) is 82.3 cm³/mol. The van der Waals surface area contributed by atoms with Crippen LogP contribution in [0.4, 0.5) is 5.69 Å². The summed E-state index contributed by atoms with van der Waals surface area (Å²) in [6, 6.07) is 5.42. The standard InChI is InChI=1S/C17H22N2O2/c1-17(7-3-2-4-8-17)11-18-16(21)12-5-6-14-13(9-12)10-15(20)19-14/h5-6,9H,2-4,7-8,10-11H2,1H3,(H,18,21)(H,19,20). The Morgan fingerprint density at radius 1 is 1.29 bits per heavy atom. The Hall–Kier alpha value is -1.84. The Kier molecular flexibility index (Phi) is 3.70. The van der Waals surface area contributed by atoms with E-state index in [9.17, 15) is 9.59 Å². The lowest BCUT2D eigenvalue weighted by Crippen LogP contribution is -2.37. The van der Waals surface area contributed by atoms with Crippen LogP contribution in [0.3, 0.4) is 0 Å². The van der Waals surface area contributed by atoms with Crippen LogP contribution < -0.4 is 10.6 Å². The molecular formula is C17H22N2O2. The Morgan fingerprint density at radius 3 is 2.81 bits per heavy atom. The van der Waals surface area contributed by atoms with Gasteiger partial charge in [-0.2, -0.15) is 0 Å². The van der Waals surface area contributed by atoms with Gasteiger partial charge < -0.3 is 10.6 Å². The summed E-state index contributed by atoms with van der Waals surface area (Å²) in [5.74, 6) is -0.0405. The van der Waals surface area contributed by atoms with Gasteiger partial charge in [-0.25, -0.2) is 0 Å². The van der Waals surface area contributed by atoms with Gasteiger partial charge in [0.15, 0.2) is 0 Å². The van der Waals surface area contributed by atoms with Crippen LogP contribution in [-0.4, -0.2) is 18.4 Å². The van der Waals surface area contributed by atoms with Crippen LogP contribution in [0.2, 0.25) is 0 Å². The molecule has 1 saturated carbocycles. The summed E-state index contributed by atoms with van der Waals surface area (Å²) >= 11 is 0. The van der Waals surface area contributed by atoms with E-state index in [0.29, 0.717) is 12.0 Å². The van der Waals surface area contributed by atoms with Crippen molar-refractivity contribution in [2.24, 2.45) is 5.41 Å². The maximum absolute atomic E-state index is 12.3. The van der Waals surface area contributed by atoms with Crippen molar-refractivity contribution in [2.75, 3.05) is 11.9 Å². The van der Waals surface area contributed by atoms with E-state index in [1.54, 1.807) is 6.07 Å². The lowest BCUT2D eigenvalue weighted by atomic mass is 9.76. The van der Waals surface area contributed by atoms with E-state index >= 15 is 0 Å². The average Bonchev–Trinajstić information content (AvgIpc) is 2.84. The maximum atomic E-state index is 12.3. The quantitative estimate of drug-likeness (QED) is 0.897. The largest absolute Gasteiger partial charge is 0.351 e. The number of benzene rings is 1. The fraction of sp³-hybridized carbons (Fsp3) is 0.529.